The molecule has 1 heterocycles. The van der Waals surface area contributed by atoms with Crippen LogP contribution in [0.1, 0.15) is 22.8 Å². The third kappa shape index (κ3) is 3.33. The van der Waals surface area contributed by atoms with Gasteiger partial charge in [0.1, 0.15) is 11.8 Å². The largest absolute Gasteiger partial charge is 0.507 e. The lowest BCUT2D eigenvalue weighted by atomic mass is 10.1. The third-order valence-electron chi connectivity index (χ3n) is 3.43. The monoisotopic (exact) mass is 292 g/mol. The van der Waals surface area contributed by atoms with Gasteiger partial charge < -0.3 is 20.1 Å². The van der Waals surface area contributed by atoms with Gasteiger partial charge in [-0.15, -0.1) is 0 Å². The summed E-state index contributed by atoms with van der Waals surface area (Å²) in [4.78, 5) is 26.1. The molecule has 1 saturated heterocycles. The molecule has 21 heavy (non-hydrogen) atoms. The molecule has 6 heteroatoms. The molecule has 1 aromatic carbocycles. The standard InChI is InChI=1S/C15H20N2O4/c1-3-16-14(19)12-9-21-7-6-17(12)15(20)11-5-4-10(2)8-13(11)18/h4-5,8,12,18H,3,6-7,9H2,1-2H3,(H,16,19). The number of rotatable bonds is 3. The number of likely N-dealkylation sites (N-methyl/N-ethyl adjacent to an activating group) is 1. The summed E-state index contributed by atoms with van der Waals surface area (Å²) in [6.45, 7) is 5.03. The van der Waals surface area contributed by atoms with Gasteiger partial charge in [-0.05, 0) is 31.5 Å². The molecule has 1 unspecified atom stereocenters. The predicted octanol–water partition coefficient (Wildman–Crippen LogP) is 0.678. The molecule has 0 aliphatic carbocycles. The lowest BCUT2D eigenvalue weighted by molar-refractivity contribution is -0.130. The van der Waals surface area contributed by atoms with Gasteiger partial charge in [-0.1, -0.05) is 6.07 Å². The summed E-state index contributed by atoms with van der Waals surface area (Å²) in [5, 5.41) is 12.6. The minimum atomic E-state index is -0.660. The molecule has 2 N–H and O–H groups in total. The smallest absolute Gasteiger partial charge is 0.258 e. The number of morpholine rings is 1. The van der Waals surface area contributed by atoms with Crippen molar-refractivity contribution in [3.8, 4) is 5.75 Å². The molecule has 0 bridgehead atoms. The highest BCUT2D eigenvalue weighted by Gasteiger charge is 2.33. The zero-order chi connectivity index (χ0) is 15.4. The Bertz CT molecular complexity index is 544. The summed E-state index contributed by atoms with van der Waals surface area (Å²) in [5.41, 5.74) is 1.07. The Morgan fingerprint density at radius 1 is 1.48 bits per heavy atom. The van der Waals surface area contributed by atoms with Gasteiger partial charge in [0, 0.05) is 13.1 Å². The normalized spacial score (nSPS) is 18.4. The lowest BCUT2D eigenvalue weighted by Crippen LogP contribution is -2.55. The van der Waals surface area contributed by atoms with Crippen LogP contribution in [-0.4, -0.2) is 54.2 Å². The van der Waals surface area contributed by atoms with E-state index in [-0.39, 0.29) is 29.7 Å². The first-order valence-electron chi connectivity index (χ1n) is 7.00. The first kappa shape index (κ1) is 15.3. The number of amides is 2. The summed E-state index contributed by atoms with van der Waals surface area (Å²) in [5.74, 6) is -0.662. The van der Waals surface area contributed by atoms with E-state index in [0.717, 1.165) is 5.56 Å². The fourth-order valence-electron chi connectivity index (χ4n) is 2.33. The Morgan fingerprint density at radius 2 is 2.24 bits per heavy atom. The predicted molar refractivity (Wildman–Crippen MR) is 77.2 cm³/mol. The minimum absolute atomic E-state index is 0.0684. The molecule has 1 aromatic rings. The van der Waals surface area contributed by atoms with Crippen LogP contribution in [0.4, 0.5) is 0 Å². The van der Waals surface area contributed by atoms with Crippen LogP contribution in [0.5, 0.6) is 5.75 Å². The molecule has 2 rings (SSSR count). The van der Waals surface area contributed by atoms with Crippen molar-refractivity contribution in [2.75, 3.05) is 26.3 Å². The number of aromatic hydroxyl groups is 1. The van der Waals surface area contributed by atoms with Gasteiger partial charge in [-0.25, -0.2) is 0 Å². The molecule has 0 radical (unpaired) electrons. The molecule has 1 aliphatic rings. The zero-order valence-electron chi connectivity index (χ0n) is 12.3. The molecule has 6 nitrogen and oxygen atoms in total. The second-order valence-corrected chi connectivity index (χ2v) is 5.00. The number of carbonyl (C=O) groups is 2. The molecule has 0 saturated carbocycles. The molecular formula is C15H20N2O4. The number of aryl methyl sites for hydroxylation is 1. The average Bonchev–Trinajstić information content (AvgIpc) is 2.47. The van der Waals surface area contributed by atoms with Crippen molar-refractivity contribution < 1.29 is 19.4 Å². The summed E-state index contributed by atoms with van der Waals surface area (Å²) in [6.07, 6.45) is 0. The second kappa shape index (κ2) is 6.58. The topological polar surface area (TPSA) is 78.9 Å². The van der Waals surface area contributed by atoms with E-state index >= 15 is 0 Å². The van der Waals surface area contributed by atoms with Gasteiger partial charge in [-0.3, -0.25) is 9.59 Å². The molecule has 2 amide bonds. The fourth-order valence-corrected chi connectivity index (χ4v) is 2.33. The van der Waals surface area contributed by atoms with Gasteiger partial charge in [0.2, 0.25) is 5.91 Å². The molecule has 0 aromatic heterocycles. The minimum Gasteiger partial charge on any atom is -0.507 e. The highest BCUT2D eigenvalue weighted by molar-refractivity contribution is 5.99. The summed E-state index contributed by atoms with van der Waals surface area (Å²) in [7, 11) is 0. The summed E-state index contributed by atoms with van der Waals surface area (Å²) >= 11 is 0. The van der Waals surface area contributed by atoms with E-state index in [2.05, 4.69) is 5.32 Å². The molecule has 1 atom stereocenters. The van der Waals surface area contributed by atoms with Crippen LogP contribution in [0.2, 0.25) is 0 Å². The Hall–Kier alpha value is -2.08. The van der Waals surface area contributed by atoms with E-state index in [1.807, 2.05) is 13.8 Å². The molecule has 1 fully saturated rings. The number of phenols is 1. The van der Waals surface area contributed by atoms with E-state index in [1.54, 1.807) is 12.1 Å². The first-order chi connectivity index (χ1) is 10.0. The van der Waals surface area contributed by atoms with Gasteiger partial charge in [0.25, 0.3) is 5.91 Å². The maximum atomic E-state index is 12.6. The third-order valence-corrected chi connectivity index (χ3v) is 3.43. The van der Waals surface area contributed by atoms with Crippen molar-refractivity contribution in [3.05, 3.63) is 29.3 Å². The number of hydrogen-bond donors (Lipinski definition) is 2. The van der Waals surface area contributed by atoms with Gasteiger partial charge >= 0.3 is 0 Å². The number of ether oxygens (including phenoxy) is 1. The maximum Gasteiger partial charge on any atom is 0.258 e. The van der Waals surface area contributed by atoms with E-state index < -0.39 is 6.04 Å². The number of benzene rings is 1. The highest BCUT2D eigenvalue weighted by atomic mass is 16.5. The van der Waals surface area contributed by atoms with Crippen LogP contribution in [0.3, 0.4) is 0 Å². The lowest BCUT2D eigenvalue weighted by Gasteiger charge is -2.34. The van der Waals surface area contributed by atoms with Gasteiger partial charge in [0.15, 0.2) is 0 Å². The van der Waals surface area contributed by atoms with Crippen LogP contribution >= 0.6 is 0 Å². The SMILES string of the molecule is CCNC(=O)C1COCCN1C(=O)c1ccc(C)cc1O. The number of hydrogen-bond acceptors (Lipinski definition) is 4. The summed E-state index contributed by atoms with van der Waals surface area (Å²) < 4.78 is 5.30. The number of nitrogens with zero attached hydrogens (tertiary/aromatic N) is 1. The van der Waals surface area contributed by atoms with Crippen LogP contribution in [0.25, 0.3) is 0 Å². The van der Waals surface area contributed by atoms with Crippen LogP contribution in [0, 0.1) is 6.92 Å². The second-order valence-electron chi connectivity index (χ2n) is 5.00. The van der Waals surface area contributed by atoms with Crippen molar-refractivity contribution in [2.24, 2.45) is 0 Å². The first-order valence-corrected chi connectivity index (χ1v) is 7.00. The highest BCUT2D eigenvalue weighted by Crippen LogP contribution is 2.22. The van der Waals surface area contributed by atoms with Crippen molar-refractivity contribution >= 4 is 11.8 Å². The fraction of sp³-hybridized carbons (Fsp3) is 0.467. The molecule has 114 valence electrons. The van der Waals surface area contributed by atoms with Crippen molar-refractivity contribution in [3.63, 3.8) is 0 Å². The Balaban J connectivity index is 2.24. The van der Waals surface area contributed by atoms with Crippen LogP contribution in [-0.2, 0) is 9.53 Å². The van der Waals surface area contributed by atoms with E-state index in [4.69, 9.17) is 4.74 Å². The van der Waals surface area contributed by atoms with Gasteiger partial charge in [0.05, 0.1) is 18.8 Å². The quantitative estimate of drug-likeness (QED) is 0.858. The zero-order valence-corrected chi connectivity index (χ0v) is 12.3. The number of phenolic OH excluding ortho intramolecular Hbond substituents is 1. The van der Waals surface area contributed by atoms with Gasteiger partial charge in [-0.2, -0.15) is 0 Å². The molecular weight excluding hydrogens is 272 g/mol. The van der Waals surface area contributed by atoms with Crippen LogP contribution < -0.4 is 5.32 Å². The van der Waals surface area contributed by atoms with Crippen molar-refractivity contribution in [1.29, 1.82) is 0 Å². The molecule has 0 spiro atoms. The number of carbonyl (C=O) groups excluding carboxylic acids is 2. The number of nitrogens with one attached hydrogen (secondary N) is 1. The van der Waals surface area contributed by atoms with Crippen LogP contribution in [0.15, 0.2) is 18.2 Å². The maximum absolute atomic E-state index is 12.6. The Kier molecular flexibility index (Phi) is 4.80. The van der Waals surface area contributed by atoms with Crippen molar-refractivity contribution in [2.45, 2.75) is 19.9 Å². The van der Waals surface area contributed by atoms with E-state index in [9.17, 15) is 14.7 Å². The Morgan fingerprint density at radius 3 is 2.90 bits per heavy atom. The van der Waals surface area contributed by atoms with E-state index in [0.29, 0.717) is 19.7 Å². The van der Waals surface area contributed by atoms with E-state index in [1.165, 1.54) is 11.0 Å². The molecule has 1 aliphatic heterocycles. The summed E-state index contributed by atoms with van der Waals surface area (Å²) in [6, 6.07) is 4.22. The average molecular weight is 292 g/mol. The Labute approximate surface area is 123 Å². The van der Waals surface area contributed by atoms with Crippen molar-refractivity contribution in [1.82, 2.24) is 10.2 Å².